The number of rotatable bonds is 2. The Morgan fingerprint density at radius 1 is 1.62 bits per heavy atom. The van der Waals surface area contributed by atoms with Crippen LogP contribution >= 0.6 is 0 Å². The van der Waals surface area contributed by atoms with Gasteiger partial charge in [0.1, 0.15) is 6.10 Å². The van der Waals surface area contributed by atoms with Gasteiger partial charge in [-0.25, -0.2) is 0 Å². The van der Waals surface area contributed by atoms with Gasteiger partial charge in [-0.3, -0.25) is 0 Å². The maximum atomic E-state index is 5.18. The first-order valence-corrected chi connectivity index (χ1v) is 4.91. The van der Waals surface area contributed by atoms with Crippen molar-refractivity contribution in [2.24, 2.45) is 0 Å². The van der Waals surface area contributed by atoms with Crippen LogP contribution in [0.5, 0.6) is 0 Å². The summed E-state index contributed by atoms with van der Waals surface area (Å²) in [6.45, 7) is 2.09. The lowest BCUT2D eigenvalue weighted by Gasteiger charge is -2.07. The van der Waals surface area contributed by atoms with Gasteiger partial charge in [0, 0.05) is 7.11 Å². The predicted molar refractivity (Wildman–Crippen MR) is 55.1 cm³/mol. The fraction of sp³-hybridized carbons (Fsp3) is 0.583. The second-order valence-corrected chi connectivity index (χ2v) is 3.19. The van der Waals surface area contributed by atoms with Crippen molar-refractivity contribution < 1.29 is 4.74 Å². The highest BCUT2D eigenvalue weighted by atomic mass is 16.5. The topological polar surface area (TPSA) is 9.23 Å². The van der Waals surface area contributed by atoms with Crippen LogP contribution in [0.3, 0.4) is 0 Å². The van der Waals surface area contributed by atoms with Gasteiger partial charge < -0.3 is 4.74 Å². The van der Waals surface area contributed by atoms with Crippen LogP contribution in [-0.2, 0) is 4.74 Å². The van der Waals surface area contributed by atoms with Crippen molar-refractivity contribution >= 4 is 0 Å². The monoisotopic (exact) mass is 177 g/mol. The summed E-state index contributed by atoms with van der Waals surface area (Å²) in [5, 5.41) is 0. The minimum atomic E-state index is 0.104. The summed E-state index contributed by atoms with van der Waals surface area (Å²) in [5.74, 6) is 6.32. The Balaban J connectivity index is 2.48. The zero-order valence-electron chi connectivity index (χ0n) is 8.47. The van der Waals surface area contributed by atoms with Gasteiger partial charge in [-0.2, -0.15) is 0 Å². The Bertz CT molecular complexity index is 225. The third-order valence-corrected chi connectivity index (χ3v) is 2.20. The minimum absolute atomic E-state index is 0.104. The van der Waals surface area contributed by atoms with Crippen LogP contribution in [0.15, 0.2) is 11.6 Å². The van der Waals surface area contributed by atoms with Gasteiger partial charge in [-0.1, -0.05) is 24.8 Å². The van der Waals surface area contributed by atoms with E-state index in [0.717, 1.165) is 19.3 Å². The molecule has 71 valence electrons. The van der Waals surface area contributed by atoms with E-state index in [0.29, 0.717) is 0 Å². The first-order chi connectivity index (χ1) is 6.36. The molecule has 0 aromatic rings. The molecule has 1 atom stereocenters. The number of methoxy groups -OCH3 is 1. The summed E-state index contributed by atoms with van der Waals surface area (Å²) in [6.07, 6.45) is 8.91. The summed E-state index contributed by atoms with van der Waals surface area (Å²) in [6, 6.07) is 0. The molecule has 0 heterocycles. The minimum Gasteiger partial charge on any atom is -0.369 e. The third kappa shape index (κ3) is 3.65. The Labute approximate surface area is 81.2 Å². The normalized spacial score (nSPS) is 18.5. The van der Waals surface area contributed by atoms with Crippen molar-refractivity contribution in [1.29, 1.82) is 0 Å². The van der Waals surface area contributed by atoms with Crippen molar-refractivity contribution in [3.05, 3.63) is 18.1 Å². The number of hydrogen-bond donors (Lipinski definition) is 0. The van der Waals surface area contributed by atoms with Crippen molar-refractivity contribution in [1.82, 2.24) is 0 Å². The lowest BCUT2D eigenvalue weighted by atomic mass is 10.00. The maximum Gasteiger partial charge on any atom is 0.117 e. The molecule has 0 N–H and O–H groups in total. The molecule has 0 aromatic carbocycles. The molecule has 0 saturated heterocycles. The van der Waals surface area contributed by atoms with Gasteiger partial charge >= 0.3 is 0 Å². The smallest absolute Gasteiger partial charge is 0.117 e. The lowest BCUT2D eigenvalue weighted by Crippen LogP contribution is -2.05. The van der Waals surface area contributed by atoms with E-state index in [1.807, 2.05) is 0 Å². The van der Waals surface area contributed by atoms with Gasteiger partial charge in [0.15, 0.2) is 0 Å². The molecule has 0 aromatic heterocycles. The molecule has 0 amide bonds. The van der Waals surface area contributed by atoms with E-state index in [9.17, 15) is 0 Å². The van der Waals surface area contributed by atoms with Crippen LogP contribution < -0.4 is 0 Å². The zero-order chi connectivity index (χ0) is 9.52. The third-order valence-electron chi connectivity index (χ3n) is 2.20. The van der Waals surface area contributed by atoms with Crippen LogP contribution in [0, 0.1) is 18.3 Å². The molecule has 0 saturated carbocycles. The molecule has 0 spiro atoms. The van der Waals surface area contributed by atoms with Gasteiger partial charge in [0.2, 0.25) is 0 Å². The molecule has 0 bridgehead atoms. The Kier molecular flexibility index (Phi) is 4.64. The van der Waals surface area contributed by atoms with Gasteiger partial charge in [0.25, 0.3) is 0 Å². The number of allylic oxidation sites excluding steroid dienone is 2. The van der Waals surface area contributed by atoms with Crippen LogP contribution in [0.2, 0.25) is 0 Å². The predicted octanol–water partition coefficient (Wildman–Crippen LogP) is 2.73. The number of hydrogen-bond acceptors (Lipinski definition) is 1. The largest absolute Gasteiger partial charge is 0.369 e. The Morgan fingerprint density at radius 2 is 2.46 bits per heavy atom. The van der Waals surface area contributed by atoms with Crippen LogP contribution in [0.25, 0.3) is 0 Å². The molecule has 13 heavy (non-hydrogen) atoms. The highest BCUT2D eigenvalue weighted by Crippen LogP contribution is 2.15. The van der Waals surface area contributed by atoms with Crippen molar-refractivity contribution in [3.8, 4) is 11.8 Å². The molecule has 1 aliphatic carbocycles. The first kappa shape index (κ1) is 10.3. The molecular weight excluding hydrogens is 160 g/mol. The van der Waals surface area contributed by atoms with E-state index in [4.69, 9.17) is 4.74 Å². The first-order valence-electron chi connectivity index (χ1n) is 4.91. The summed E-state index contributed by atoms with van der Waals surface area (Å²) < 4.78 is 5.18. The molecule has 1 rings (SSSR count). The number of ether oxygens (including phenoxy) is 1. The highest BCUT2D eigenvalue weighted by molar-refractivity contribution is 5.31. The van der Waals surface area contributed by atoms with Gasteiger partial charge in [-0.05, 0) is 37.7 Å². The van der Waals surface area contributed by atoms with Gasteiger partial charge in [0.05, 0.1) is 0 Å². The molecular formula is C12H17O. The van der Waals surface area contributed by atoms with Crippen LogP contribution in [-0.4, -0.2) is 13.2 Å². The molecule has 1 radical (unpaired) electrons. The quantitative estimate of drug-likeness (QED) is 0.589. The molecule has 1 nitrogen and oxygen atoms in total. The average molecular weight is 177 g/mol. The summed E-state index contributed by atoms with van der Waals surface area (Å²) in [7, 11) is 1.71. The van der Waals surface area contributed by atoms with Crippen molar-refractivity contribution in [2.75, 3.05) is 7.11 Å². The average Bonchev–Trinajstić information content (AvgIpc) is 2.21. The molecule has 1 heteroatoms. The van der Waals surface area contributed by atoms with E-state index in [1.165, 1.54) is 12.0 Å². The van der Waals surface area contributed by atoms with E-state index >= 15 is 0 Å². The molecule has 0 aliphatic heterocycles. The van der Waals surface area contributed by atoms with Crippen molar-refractivity contribution in [2.45, 2.75) is 38.7 Å². The molecule has 0 fully saturated rings. The van der Waals surface area contributed by atoms with E-state index in [1.54, 1.807) is 7.11 Å². The summed E-state index contributed by atoms with van der Waals surface area (Å²) >= 11 is 0. The zero-order valence-corrected chi connectivity index (χ0v) is 8.47. The SMILES string of the molecule is CCC(C#CC1=CC[CH]CC1)OC. The maximum absolute atomic E-state index is 5.18. The van der Waals surface area contributed by atoms with Crippen LogP contribution in [0.1, 0.15) is 32.6 Å². The standard InChI is InChI=1S/C12H17O/c1-3-12(13-2)10-9-11-7-5-4-6-8-11/h4,7,12H,3,5-6,8H2,1-2H3. The van der Waals surface area contributed by atoms with E-state index in [-0.39, 0.29) is 6.10 Å². The fourth-order valence-corrected chi connectivity index (χ4v) is 1.32. The Morgan fingerprint density at radius 3 is 3.00 bits per heavy atom. The fourth-order valence-electron chi connectivity index (χ4n) is 1.32. The summed E-state index contributed by atoms with van der Waals surface area (Å²) in [5.41, 5.74) is 1.28. The van der Waals surface area contributed by atoms with E-state index < -0.39 is 0 Å². The van der Waals surface area contributed by atoms with E-state index in [2.05, 4.69) is 31.3 Å². The summed E-state index contributed by atoms with van der Waals surface area (Å²) in [4.78, 5) is 0. The second kappa shape index (κ2) is 5.83. The van der Waals surface area contributed by atoms with Gasteiger partial charge in [-0.15, -0.1) is 0 Å². The van der Waals surface area contributed by atoms with Crippen LogP contribution in [0.4, 0.5) is 0 Å². The molecule has 1 unspecified atom stereocenters. The second-order valence-electron chi connectivity index (χ2n) is 3.19. The Hall–Kier alpha value is -0.740. The highest BCUT2D eigenvalue weighted by Gasteiger charge is 2.01. The molecule has 1 aliphatic rings. The van der Waals surface area contributed by atoms with Crippen molar-refractivity contribution in [3.63, 3.8) is 0 Å². The lowest BCUT2D eigenvalue weighted by molar-refractivity contribution is 0.145.